The van der Waals surface area contributed by atoms with Crippen LogP contribution in [0.2, 0.25) is 0 Å². The number of H-pyrrole nitrogens is 2. The summed E-state index contributed by atoms with van der Waals surface area (Å²) in [6.07, 6.45) is 3.76. The second-order valence-electron chi connectivity index (χ2n) is 15.6. The third-order valence-electron chi connectivity index (χ3n) is 11.8. The highest BCUT2D eigenvalue weighted by atomic mass is 16.2. The van der Waals surface area contributed by atoms with Gasteiger partial charge in [-0.1, -0.05) is 42.8 Å². The molecule has 4 N–H and O–H groups in total. The van der Waals surface area contributed by atoms with Gasteiger partial charge in [0.25, 0.3) is 23.6 Å². The lowest BCUT2D eigenvalue weighted by atomic mass is 10.1. The lowest BCUT2D eigenvalue weighted by molar-refractivity contribution is 0.0613. The number of nitrogens with zero attached hydrogens (tertiary/aromatic N) is 6. The Labute approximate surface area is 342 Å². The van der Waals surface area contributed by atoms with Gasteiger partial charge in [0, 0.05) is 87.7 Å². The van der Waals surface area contributed by atoms with Gasteiger partial charge in [-0.3, -0.25) is 33.9 Å². The van der Waals surface area contributed by atoms with E-state index in [1.165, 1.54) is 24.2 Å². The quantitative estimate of drug-likeness (QED) is 0.122. The maximum atomic E-state index is 13.1. The summed E-state index contributed by atoms with van der Waals surface area (Å²) in [5.74, 6) is 0.773. The molecule has 0 unspecified atom stereocenters. The van der Waals surface area contributed by atoms with Gasteiger partial charge in [-0.05, 0) is 74.5 Å². The lowest BCUT2D eigenvalue weighted by Crippen LogP contribution is -2.50. The van der Waals surface area contributed by atoms with E-state index in [9.17, 15) is 19.2 Å². The molecule has 0 spiro atoms. The molecule has 14 heteroatoms. The standard InChI is InChI=1S/C45H48N10O4/c56-42(46-16-20-52-18-4-1-5-19-52)32-12-14-36-38(28-32)50-40(48-36)30-8-10-31(11-9-30)41-49-37-15-13-33(29-39(37)51-41)43(57)47-17-21-53-22-24-54(25-23-53)26-27-55-44(58)34-6-2-3-7-35(34)45(55)59/h2-3,6-15,28-29H,1,4-5,16-27H2,(H,46,56)(H,47,57)(H,48,50)(H,49,51). The van der Waals surface area contributed by atoms with Crippen LogP contribution in [0.15, 0.2) is 84.9 Å². The summed E-state index contributed by atoms with van der Waals surface area (Å²) in [4.78, 5) is 76.1. The number of aromatic amines is 2. The molecule has 6 aromatic rings. The number of carbonyl (C=O) groups is 4. The SMILES string of the molecule is O=C(NCCN1CCCCC1)c1ccc2nc(-c3ccc(-c4nc5ccc(C(=O)NCCN6CCN(CCN7C(=O)c8ccccc8C7=O)CC6)cc5[nH]4)cc3)[nH]c2c1. The first-order valence-electron chi connectivity index (χ1n) is 20.7. The predicted octanol–water partition coefficient (Wildman–Crippen LogP) is 4.63. The van der Waals surface area contributed by atoms with Crippen LogP contribution in [-0.2, 0) is 0 Å². The van der Waals surface area contributed by atoms with Gasteiger partial charge < -0.3 is 25.5 Å². The summed E-state index contributed by atoms with van der Waals surface area (Å²) in [5.41, 5.74) is 7.09. The van der Waals surface area contributed by atoms with Crippen LogP contribution in [0.5, 0.6) is 0 Å². The Morgan fingerprint density at radius 3 is 1.49 bits per heavy atom. The fourth-order valence-electron chi connectivity index (χ4n) is 8.32. The van der Waals surface area contributed by atoms with Crippen LogP contribution < -0.4 is 10.6 Å². The second kappa shape index (κ2) is 16.9. The number of piperidine rings is 1. The zero-order valence-corrected chi connectivity index (χ0v) is 33.0. The van der Waals surface area contributed by atoms with Crippen LogP contribution in [0.1, 0.15) is 60.7 Å². The number of likely N-dealkylation sites (tertiary alicyclic amines) is 1. The van der Waals surface area contributed by atoms with Crippen molar-refractivity contribution < 1.29 is 19.2 Å². The summed E-state index contributed by atoms with van der Waals surface area (Å²) in [5, 5.41) is 6.12. The zero-order valence-electron chi connectivity index (χ0n) is 33.0. The average molecular weight is 793 g/mol. The Kier molecular flexibility index (Phi) is 11.0. The van der Waals surface area contributed by atoms with E-state index in [4.69, 9.17) is 9.97 Å². The van der Waals surface area contributed by atoms with E-state index in [2.05, 4.69) is 35.3 Å². The van der Waals surface area contributed by atoms with Crippen LogP contribution in [0.4, 0.5) is 0 Å². The number of nitrogens with one attached hydrogen (secondary N) is 4. The molecule has 4 aromatic carbocycles. The van der Waals surface area contributed by atoms with Crippen LogP contribution in [0, 0.1) is 0 Å². The third kappa shape index (κ3) is 8.37. The number of hydrogen-bond acceptors (Lipinski definition) is 9. The molecule has 5 heterocycles. The van der Waals surface area contributed by atoms with Gasteiger partial charge in [0.1, 0.15) is 11.6 Å². The van der Waals surface area contributed by atoms with Crippen LogP contribution >= 0.6 is 0 Å². The van der Waals surface area contributed by atoms with Crippen molar-refractivity contribution in [1.29, 1.82) is 0 Å². The van der Waals surface area contributed by atoms with E-state index in [1.54, 1.807) is 30.3 Å². The number of piperazine rings is 1. The first-order valence-corrected chi connectivity index (χ1v) is 20.7. The van der Waals surface area contributed by atoms with Gasteiger partial charge in [0.05, 0.1) is 33.2 Å². The molecule has 0 bridgehead atoms. The van der Waals surface area contributed by atoms with E-state index >= 15 is 0 Å². The van der Waals surface area contributed by atoms with Crippen molar-refractivity contribution in [3.05, 3.63) is 107 Å². The largest absolute Gasteiger partial charge is 0.351 e. The zero-order chi connectivity index (χ0) is 40.3. The van der Waals surface area contributed by atoms with E-state index < -0.39 is 0 Å². The molecule has 3 aliphatic rings. The highest BCUT2D eigenvalue weighted by Gasteiger charge is 2.35. The summed E-state index contributed by atoms with van der Waals surface area (Å²) in [6.45, 7) is 9.37. The number of aromatic nitrogens is 4. The minimum atomic E-state index is -0.213. The van der Waals surface area contributed by atoms with E-state index in [0.29, 0.717) is 60.1 Å². The minimum Gasteiger partial charge on any atom is -0.351 e. The maximum Gasteiger partial charge on any atom is 0.261 e. The molecular weight excluding hydrogens is 745 g/mol. The molecule has 0 atom stereocenters. The smallest absolute Gasteiger partial charge is 0.261 e. The number of fused-ring (bicyclic) bond motifs is 3. The van der Waals surface area contributed by atoms with Gasteiger partial charge in [0.15, 0.2) is 0 Å². The molecule has 0 aliphatic carbocycles. The Morgan fingerprint density at radius 1 is 0.542 bits per heavy atom. The van der Waals surface area contributed by atoms with Crippen LogP contribution in [0.3, 0.4) is 0 Å². The molecule has 4 amide bonds. The molecular formula is C45H48N10O4. The molecule has 2 fully saturated rings. The topological polar surface area (TPSA) is 163 Å². The molecule has 9 rings (SSSR count). The molecule has 0 saturated carbocycles. The first kappa shape index (κ1) is 38.3. The first-order chi connectivity index (χ1) is 28.9. The number of benzene rings is 4. The van der Waals surface area contributed by atoms with E-state index in [0.717, 1.165) is 85.6 Å². The fourth-order valence-corrected chi connectivity index (χ4v) is 8.32. The Hall–Kier alpha value is -6.22. The predicted molar refractivity (Wildman–Crippen MR) is 226 cm³/mol. The molecule has 3 aliphatic heterocycles. The number of hydrogen-bond donors (Lipinski definition) is 4. The maximum absolute atomic E-state index is 13.1. The average Bonchev–Trinajstić information content (AvgIpc) is 3.97. The molecule has 14 nitrogen and oxygen atoms in total. The van der Waals surface area contributed by atoms with Crippen molar-refractivity contribution in [3.63, 3.8) is 0 Å². The number of carbonyl (C=O) groups excluding carboxylic acids is 4. The van der Waals surface area contributed by atoms with Gasteiger partial charge in [-0.15, -0.1) is 0 Å². The van der Waals surface area contributed by atoms with Crippen molar-refractivity contribution in [2.75, 3.05) is 78.5 Å². The number of rotatable bonds is 13. The summed E-state index contributed by atoms with van der Waals surface area (Å²) >= 11 is 0. The van der Waals surface area contributed by atoms with Crippen molar-refractivity contribution in [1.82, 2.24) is 50.2 Å². The van der Waals surface area contributed by atoms with Crippen molar-refractivity contribution >= 4 is 45.7 Å². The summed E-state index contributed by atoms with van der Waals surface area (Å²) in [7, 11) is 0. The third-order valence-corrected chi connectivity index (χ3v) is 11.8. The van der Waals surface area contributed by atoms with Gasteiger partial charge in [0.2, 0.25) is 0 Å². The highest BCUT2D eigenvalue weighted by Crippen LogP contribution is 2.27. The normalized spacial score (nSPS) is 16.6. The van der Waals surface area contributed by atoms with Crippen LogP contribution in [-0.4, -0.2) is 142 Å². The number of imidazole rings is 2. The van der Waals surface area contributed by atoms with Crippen molar-refractivity contribution in [3.8, 4) is 22.8 Å². The molecule has 2 aromatic heterocycles. The lowest BCUT2D eigenvalue weighted by Gasteiger charge is -2.35. The monoisotopic (exact) mass is 792 g/mol. The summed E-state index contributed by atoms with van der Waals surface area (Å²) < 4.78 is 0. The van der Waals surface area contributed by atoms with Crippen LogP contribution in [0.25, 0.3) is 44.8 Å². The summed E-state index contributed by atoms with van der Waals surface area (Å²) in [6, 6.07) is 26.0. The second-order valence-corrected chi connectivity index (χ2v) is 15.6. The molecule has 59 heavy (non-hydrogen) atoms. The number of amides is 4. The van der Waals surface area contributed by atoms with Gasteiger partial charge in [-0.25, -0.2) is 9.97 Å². The molecule has 0 radical (unpaired) electrons. The van der Waals surface area contributed by atoms with Gasteiger partial charge >= 0.3 is 0 Å². The Bertz CT molecular complexity index is 2480. The number of imide groups is 1. The fraction of sp³-hybridized carbons (Fsp3) is 0.333. The molecule has 302 valence electrons. The van der Waals surface area contributed by atoms with Gasteiger partial charge in [-0.2, -0.15) is 0 Å². The Morgan fingerprint density at radius 2 is 1.00 bits per heavy atom. The van der Waals surface area contributed by atoms with E-state index in [-0.39, 0.29) is 23.6 Å². The highest BCUT2D eigenvalue weighted by molar-refractivity contribution is 6.21. The van der Waals surface area contributed by atoms with Crippen molar-refractivity contribution in [2.45, 2.75) is 19.3 Å². The Balaban J connectivity index is 0.740. The molecule has 2 saturated heterocycles. The minimum absolute atomic E-state index is 0.0800. The van der Waals surface area contributed by atoms with E-state index in [1.807, 2.05) is 54.6 Å². The van der Waals surface area contributed by atoms with Crippen molar-refractivity contribution in [2.24, 2.45) is 0 Å².